The third kappa shape index (κ3) is 4.53. The molecular weight excluding hydrogens is 326 g/mol. The monoisotopic (exact) mass is 340 g/mol. The Morgan fingerprint density at radius 1 is 0.600 bits per heavy atom. The highest BCUT2D eigenvalue weighted by molar-refractivity contribution is 7.46. The van der Waals surface area contributed by atoms with Crippen molar-refractivity contribution in [3.05, 3.63) is 0 Å². The lowest BCUT2D eigenvalue weighted by molar-refractivity contribution is -0.215. The molecule has 0 radical (unpaired) electrons. The summed E-state index contributed by atoms with van der Waals surface area (Å²) >= 11 is 0. The summed E-state index contributed by atoms with van der Waals surface area (Å²) in [5.74, 6) is 0. The molecule has 1 aliphatic carbocycles. The number of aliphatic hydroxyl groups is 4. The van der Waals surface area contributed by atoms with Crippen LogP contribution in [-0.2, 0) is 18.2 Å². The van der Waals surface area contributed by atoms with Gasteiger partial charge in [-0.1, -0.05) is 0 Å². The van der Waals surface area contributed by atoms with Crippen molar-refractivity contribution in [1.29, 1.82) is 0 Å². The van der Waals surface area contributed by atoms with E-state index in [1.54, 1.807) is 0 Å². The maximum absolute atomic E-state index is 10.7. The second-order valence-electron chi connectivity index (χ2n) is 4.08. The van der Waals surface area contributed by atoms with Crippen molar-refractivity contribution in [2.24, 2.45) is 0 Å². The van der Waals surface area contributed by atoms with Gasteiger partial charge in [-0.2, -0.15) is 0 Å². The average molecular weight is 340 g/mol. The Morgan fingerprint density at radius 2 is 0.900 bits per heavy atom. The molecule has 0 aromatic heterocycles. The Balaban J connectivity index is 3.02. The van der Waals surface area contributed by atoms with Crippen LogP contribution in [0.1, 0.15) is 0 Å². The molecule has 14 heteroatoms. The van der Waals surface area contributed by atoms with Crippen molar-refractivity contribution < 1.29 is 58.2 Å². The van der Waals surface area contributed by atoms with E-state index in [4.69, 9.17) is 19.6 Å². The molecule has 120 valence electrons. The van der Waals surface area contributed by atoms with Gasteiger partial charge in [0, 0.05) is 0 Å². The third-order valence-electron chi connectivity index (χ3n) is 2.56. The molecule has 0 spiro atoms. The first-order valence-corrected chi connectivity index (χ1v) is 8.10. The molecule has 0 aliphatic heterocycles. The Bertz CT molecular complexity index is 390. The lowest BCUT2D eigenvalue weighted by Crippen LogP contribution is -2.64. The second kappa shape index (κ2) is 6.05. The van der Waals surface area contributed by atoms with E-state index in [-0.39, 0.29) is 0 Å². The maximum Gasteiger partial charge on any atom is 0.470 e. The number of hydrogen-bond donors (Lipinski definition) is 8. The van der Waals surface area contributed by atoms with Crippen molar-refractivity contribution >= 4 is 15.6 Å². The topological polar surface area (TPSA) is 214 Å². The highest BCUT2D eigenvalue weighted by Crippen LogP contribution is 2.45. The molecule has 0 saturated heterocycles. The van der Waals surface area contributed by atoms with Gasteiger partial charge in [0.25, 0.3) is 0 Å². The van der Waals surface area contributed by atoms with Crippen LogP contribution in [0.3, 0.4) is 0 Å². The van der Waals surface area contributed by atoms with Gasteiger partial charge in [0.05, 0.1) is 0 Å². The van der Waals surface area contributed by atoms with Crippen molar-refractivity contribution in [3.63, 3.8) is 0 Å². The van der Waals surface area contributed by atoms with Gasteiger partial charge < -0.3 is 40.0 Å². The van der Waals surface area contributed by atoms with Crippen molar-refractivity contribution in [2.75, 3.05) is 0 Å². The molecule has 0 aromatic carbocycles. The molecule has 0 amide bonds. The highest BCUT2D eigenvalue weighted by Gasteiger charge is 2.53. The number of rotatable bonds is 4. The summed E-state index contributed by atoms with van der Waals surface area (Å²) in [4.78, 5) is 34.4. The summed E-state index contributed by atoms with van der Waals surface area (Å²) < 4.78 is 29.4. The van der Waals surface area contributed by atoms with Gasteiger partial charge in [-0.05, 0) is 0 Å². The lowest BCUT2D eigenvalue weighted by Gasteiger charge is -2.42. The fourth-order valence-corrected chi connectivity index (χ4v) is 2.88. The van der Waals surface area contributed by atoms with Crippen LogP contribution in [-0.4, -0.2) is 76.6 Å². The summed E-state index contributed by atoms with van der Waals surface area (Å²) in [7, 11) is -10.4. The van der Waals surface area contributed by atoms with Gasteiger partial charge in [-0.25, -0.2) is 9.13 Å². The van der Waals surface area contributed by atoms with E-state index < -0.39 is 52.3 Å². The molecular formula is C6H14O12P2. The summed E-state index contributed by atoms with van der Waals surface area (Å²) in [5, 5.41) is 38.0. The summed E-state index contributed by atoms with van der Waals surface area (Å²) in [6.45, 7) is 0. The van der Waals surface area contributed by atoms with Crippen LogP contribution in [0, 0.1) is 0 Å². The first-order chi connectivity index (χ1) is 8.83. The van der Waals surface area contributed by atoms with Gasteiger partial charge in [-0.15, -0.1) is 0 Å². The third-order valence-corrected chi connectivity index (χ3v) is 3.60. The maximum atomic E-state index is 10.7. The van der Waals surface area contributed by atoms with E-state index in [2.05, 4.69) is 9.05 Å². The Labute approximate surface area is 111 Å². The van der Waals surface area contributed by atoms with Crippen LogP contribution >= 0.6 is 15.6 Å². The smallest absolute Gasteiger partial charge is 0.387 e. The zero-order valence-corrected chi connectivity index (χ0v) is 11.4. The van der Waals surface area contributed by atoms with Crippen molar-refractivity contribution in [2.45, 2.75) is 36.6 Å². The number of phosphoric acid groups is 2. The molecule has 1 rings (SSSR count). The van der Waals surface area contributed by atoms with Crippen molar-refractivity contribution in [3.8, 4) is 0 Å². The number of hydrogen-bond acceptors (Lipinski definition) is 8. The zero-order valence-electron chi connectivity index (χ0n) is 9.57. The minimum Gasteiger partial charge on any atom is -0.387 e. The van der Waals surface area contributed by atoms with Gasteiger partial charge in [0.15, 0.2) is 0 Å². The summed E-state index contributed by atoms with van der Waals surface area (Å²) in [6.07, 6.45) is -12.8. The Morgan fingerprint density at radius 3 is 1.15 bits per heavy atom. The van der Waals surface area contributed by atoms with Gasteiger partial charge in [0.2, 0.25) is 0 Å². The molecule has 1 saturated carbocycles. The fourth-order valence-electron chi connectivity index (χ4n) is 1.75. The Hall–Kier alpha value is 0.0600. The molecule has 6 atom stereocenters. The largest absolute Gasteiger partial charge is 0.470 e. The van der Waals surface area contributed by atoms with Gasteiger partial charge in [-0.3, -0.25) is 9.05 Å². The van der Waals surface area contributed by atoms with E-state index in [1.165, 1.54) is 0 Å². The average Bonchev–Trinajstić information content (AvgIpc) is 2.25. The summed E-state index contributed by atoms with van der Waals surface area (Å²) in [5.41, 5.74) is 0. The second-order valence-corrected chi connectivity index (χ2v) is 6.47. The molecule has 0 heterocycles. The van der Waals surface area contributed by atoms with Gasteiger partial charge >= 0.3 is 15.6 Å². The van der Waals surface area contributed by atoms with Crippen LogP contribution in [0.4, 0.5) is 0 Å². The van der Waals surface area contributed by atoms with E-state index in [0.29, 0.717) is 0 Å². The fraction of sp³-hybridized carbons (Fsp3) is 1.00. The van der Waals surface area contributed by atoms with Crippen LogP contribution in [0.15, 0.2) is 0 Å². The van der Waals surface area contributed by atoms with E-state index >= 15 is 0 Å². The molecule has 12 nitrogen and oxygen atoms in total. The van der Waals surface area contributed by atoms with Crippen LogP contribution in [0.2, 0.25) is 0 Å². The molecule has 20 heavy (non-hydrogen) atoms. The molecule has 0 bridgehead atoms. The number of phosphoric ester groups is 2. The van der Waals surface area contributed by atoms with Crippen LogP contribution in [0.5, 0.6) is 0 Å². The van der Waals surface area contributed by atoms with E-state index in [0.717, 1.165) is 0 Å². The van der Waals surface area contributed by atoms with Crippen LogP contribution in [0.25, 0.3) is 0 Å². The SMILES string of the molecule is O=P(O)(O)OC1C(O)[C@@H](OP(=O)(O)O)C(O)[C@H](O)[C@@H]1O. The highest BCUT2D eigenvalue weighted by atomic mass is 31.2. The standard InChI is InChI=1S/C6H14O12P2/c7-1-2(8)5(17-19(11,12)13)4(10)6(3(1)9)18-20(14,15)16/h1-10H,(H2,11,12,13)(H2,14,15,16)/t1-,2+,3?,4?,5?,6+/m1/s1. The predicted molar refractivity (Wildman–Crippen MR) is 57.9 cm³/mol. The summed E-state index contributed by atoms with van der Waals surface area (Å²) in [6, 6.07) is 0. The first-order valence-electron chi connectivity index (χ1n) is 5.03. The molecule has 1 aliphatic rings. The normalized spacial score (nSPS) is 39.8. The zero-order chi connectivity index (χ0) is 15.9. The van der Waals surface area contributed by atoms with E-state index in [9.17, 15) is 29.6 Å². The Kier molecular flexibility index (Phi) is 5.48. The number of aliphatic hydroxyl groups excluding tert-OH is 4. The quantitative estimate of drug-likeness (QED) is 0.233. The minimum atomic E-state index is -5.20. The molecule has 3 unspecified atom stereocenters. The molecule has 8 N–H and O–H groups in total. The molecule has 1 fully saturated rings. The molecule has 0 aromatic rings. The minimum absolute atomic E-state index is 2.12. The lowest BCUT2D eigenvalue weighted by atomic mass is 9.85. The van der Waals surface area contributed by atoms with Crippen LogP contribution < -0.4 is 0 Å². The van der Waals surface area contributed by atoms with Gasteiger partial charge in [0.1, 0.15) is 36.6 Å². The predicted octanol–water partition coefficient (Wildman–Crippen LogP) is -3.60. The first kappa shape index (κ1) is 18.1. The van der Waals surface area contributed by atoms with Crippen molar-refractivity contribution in [1.82, 2.24) is 0 Å². The van der Waals surface area contributed by atoms with E-state index in [1.807, 2.05) is 0 Å².